The van der Waals surface area contributed by atoms with E-state index in [9.17, 15) is 9.59 Å². The van der Waals surface area contributed by atoms with Crippen LogP contribution in [-0.4, -0.2) is 28.9 Å². The summed E-state index contributed by atoms with van der Waals surface area (Å²) in [6.07, 6.45) is 6.38. The van der Waals surface area contributed by atoms with Crippen LogP contribution in [-0.2, 0) is 11.3 Å². The Morgan fingerprint density at radius 1 is 0.939 bits per heavy atom. The number of hydrogen-bond donors (Lipinski definition) is 1. The van der Waals surface area contributed by atoms with E-state index in [1.54, 1.807) is 6.07 Å². The van der Waals surface area contributed by atoms with Crippen molar-refractivity contribution in [3.8, 4) is 22.8 Å². The van der Waals surface area contributed by atoms with Crippen molar-refractivity contribution in [2.24, 2.45) is 0 Å². The van der Waals surface area contributed by atoms with Crippen molar-refractivity contribution in [3.63, 3.8) is 0 Å². The van der Waals surface area contributed by atoms with Gasteiger partial charge in [0.05, 0.1) is 5.69 Å². The molecule has 7 heteroatoms. The van der Waals surface area contributed by atoms with E-state index in [-0.39, 0.29) is 18.0 Å². The minimum absolute atomic E-state index is 0.165. The van der Waals surface area contributed by atoms with Crippen LogP contribution in [0.25, 0.3) is 11.3 Å². The average molecular weight is 446 g/mol. The third-order valence-corrected chi connectivity index (χ3v) is 6.27. The average Bonchev–Trinajstić information content (AvgIpc) is 2.86. The van der Waals surface area contributed by atoms with Gasteiger partial charge in [-0.15, -0.1) is 0 Å². The molecule has 3 aromatic rings. The minimum atomic E-state index is -0.334. The maximum absolute atomic E-state index is 12.6. The fourth-order valence-electron chi connectivity index (χ4n) is 4.53. The Morgan fingerprint density at radius 3 is 2.48 bits per heavy atom. The molecule has 0 bridgehead atoms. The van der Waals surface area contributed by atoms with Gasteiger partial charge in [-0.25, -0.2) is 4.68 Å². The number of carbonyl (C=O) groups excluding carboxylic acids is 1. The molecule has 0 radical (unpaired) electrons. The van der Waals surface area contributed by atoms with Crippen LogP contribution < -0.4 is 20.3 Å². The largest absolute Gasteiger partial charge is 0.486 e. The quantitative estimate of drug-likeness (QED) is 0.631. The molecule has 1 N–H and O–H groups in total. The van der Waals surface area contributed by atoms with E-state index in [2.05, 4.69) is 22.5 Å². The summed E-state index contributed by atoms with van der Waals surface area (Å²) in [6, 6.07) is 16.6. The number of aromatic nitrogens is 2. The zero-order valence-electron chi connectivity index (χ0n) is 18.5. The van der Waals surface area contributed by atoms with Gasteiger partial charge in [0, 0.05) is 17.3 Å². The van der Waals surface area contributed by atoms with E-state index < -0.39 is 0 Å². The van der Waals surface area contributed by atoms with E-state index in [0.717, 1.165) is 11.3 Å². The van der Waals surface area contributed by atoms with Gasteiger partial charge in [-0.05, 0) is 60.7 Å². The molecule has 1 aliphatic carbocycles. The summed E-state index contributed by atoms with van der Waals surface area (Å²) < 4.78 is 12.4. The highest BCUT2D eigenvalue weighted by molar-refractivity contribution is 5.90. The van der Waals surface area contributed by atoms with Gasteiger partial charge in [0.1, 0.15) is 19.8 Å². The van der Waals surface area contributed by atoms with E-state index in [0.29, 0.717) is 36.3 Å². The Kier molecular flexibility index (Phi) is 6.11. The van der Waals surface area contributed by atoms with Gasteiger partial charge >= 0.3 is 0 Å². The third kappa shape index (κ3) is 4.92. The van der Waals surface area contributed by atoms with Crippen LogP contribution in [0.15, 0.2) is 59.4 Å². The lowest BCUT2D eigenvalue weighted by Crippen LogP contribution is -2.29. The molecule has 1 saturated carbocycles. The van der Waals surface area contributed by atoms with E-state index in [1.165, 1.54) is 48.4 Å². The third-order valence-electron chi connectivity index (χ3n) is 6.27. The molecule has 7 nitrogen and oxygen atoms in total. The maximum atomic E-state index is 12.6. The van der Waals surface area contributed by atoms with Gasteiger partial charge in [0.2, 0.25) is 5.91 Å². The molecule has 2 heterocycles. The zero-order valence-corrected chi connectivity index (χ0v) is 18.5. The molecule has 1 fully saturated rings. The van der Waals surface area contributed by atoms with Crippen molar-refractivity contribution in [1.82, 2.24) is 9.78 Å². The molecule has 1 amide bonds. The molecule has 0 saturated heterocycles. The smallest absolute Gasteiger partial charge is 0.267 e. The molecular formula is C26H27N3O4. The Bertz CT molecular complexity index is 1200. The molecule has 1 aliphatic heterocycles. The highest BCUT2D eigenvalue weighted by Gasteiger charge is 2.16. The molecule has 0 atom stereocenters. The number of ether oxygens (including phenoxy) is 2. The number of rotatable bonds is 5. The topological polar surface area (TPSA) is 82.5 Å². The fourth-order valence-corrected chi connectivity index (χ4v) is 4.53. The van der Waals surface area contributed by atoms with Crippen LogP contribution in [0.3, 0.4) is 0 Å². The highest BCUT2D eigenvalue weighted by Crippen LogP contribution is 2.34. The molecule has 5 rings (SSSR count). The fraction of sp³-hybridized carbons (Fsp3) is 0.346. The predicted molar refractivity (Wildman–Crippen MR) is 126 cm³/mol. The molecule has 0 unspecified atom stereocenters. The van der Waals surface area contributed by atoms with Gasteiger partial charge in [-0.2, -0.15) is 5.10 Å². The first-order valence-corrected chi connectivity index (χ1v) is 11.5. The number of carbonyl (C=O) groups is 1. The first-order valence-electron chi connectivity index (χ1n) is 11.5. The molecule has 0 spiro atoms. The molecule has 1 aromatic heterocycles. The Hall–Kier alpha value is -3.61. The first-order chi connectivity index (χ1) is 16.2. The standard InChI is InChI=1S/C26H27N3O4/c30-25(27-21-9-6-19(7-10-21)18-4-2-1-3-5-18)17-29-26(31)13-11-22(28-29)20-8-12-23-24(16-20)33-15-14-32-23/h6-13,16,18H,1-5,14-15,17H2,(H,27,30). The second-order valence-electron chi connectivity index (χ2n) is 8.58. The Balaban J connectivity index is 1.27. The molecule has 2 aromatic carbocycles. The van der Waals surface area contributed by atoms with Crippen molar-refractivity contribution < 1.29 is 14.3 Å². The summed E-state index contributed by atoms with van der Waals surface area (Å²) in [5.41, 5.74) is 3.08. The molecule has 33 heavy (non-hydrogen) atoms. The van der Waals surface area contributed by atoms with Crippen molar-refractivity contribution in [2.45, 2.75) is 44.6 Å². The van der Waals surface area contributed by atoms with Gasteiger partial charge in [0.15, 0.2) is 11.5 Å². The number of benzene rings is 2. The summed E-state index contributed by atoms with van der Waals surface area (Å²) in [4.78, 5) is 24.9. The summed E-state index contributed by atoms with van der Waals surface area (Å²) in [5.74, 6) is 1.66. The summed E-state index contributed by atoms with van der Waals surface area (Å²) >= 11 is 0. The summed E-state index contributed by atoms with van der Waals surface area (Å²) in [5, 5.41) is 7.27. The lowest BCUT2D eigenvalue weighted by Gasteiger charge is -2.22. The monoisotopic (exact) mass is 445 g/mol. The predicted octanol–water partition coefficient (Wildman–Crippen LogP) is 4.37. The molecule has 2 aliphatic rings. The maximum Gasteiger partial charge on any atom is 0.267 e. The molecule has 170 valence electrons. The van der Waals surface area contributed by atoms with Crippen molar-refractivity contribution >= 4 is 11.6 Å². The number of nitrogens with zero attached hydrogens (tertiary/aromatic N) is 2. The van der Waals surface area contributed by atoms with Gasteiger partial charge < -0.3 is 14.8 Å². The van der Waals surface area contributed by atoms with Crippen LogP contribution in [0.2, 0.25) is 0 Å². The van der Waals surface area contributed by atoms with E-state index >= 15 is 0 Å². The SMILES string of the molecule is O=C(Cn1nc(-c2ccc3c(c2)OCCO3)ccc1=O)Nc1ccc(C2CCCCC2)cc1. The number of fused-ring (bicyclic) bond motifs is 1. The highest BCUT2D eigenvalue weighted by atomic mass is 16.6. The molecular weight excluding hydrogens is 418 g/mol. The Labute approximate surface area is 192 Å². The van der Waals surface area contributed by atoms with Crippen LogP contribution >= 0.6 is 0 Å². The van der Waals surface area contributed by atoms with Gasteiger partial charge in [-0.1, -0.05) is 31.4 Å². The normalized spacial score (nSPS) is 15.8. The van der Waals surface area contributed by atoms with E-state index in [4.69, 9.17) is 9.47 Å². The van der Waals surface area contributed by atoms with Crippen LogP contribution in [0.4, 0.5) is 5.69 Å². The minimum Gasteiger partial charge on any atom is -0.486 e. The van der Waals surface area contributed by atoms with E-state index in [1.807, 2.05) is 30.3 Å². The second kappa shape index (κ2) is 9.48. The summed E-state index contributed by atoms with van der Waals surface area (Å²) in [6.45, 7) is 0.848. The van der Waals surface area contributed by atoms with Crippen molar-refractivity contribution in [3.05, 3.63) is 70.5 Å². The number of amides is 1. The van der Waals surface area contributed by atoms with Gasteiger partial charge in [0.25, 0.3) is 5.56 Å². The van der Waals surface area contributed by atoms with Crippen LogP contribution in [0.1, 0.15) is 43.6 Å². The Morgan fingerprint density at radius 2 is 1.70 bits per heavy atom. The van der Waals surface area contributed by atoms with Crippen LogP contribution in [0.5, 0.6) is 11.5 Å². The summed E-state index contributed by atoms with van der Waals surface area (Å²) in [7, 11) is 0. The van der Waals surface area contributed by atoms with Gasteiger partial charge in [-0.3, -0.25) is 9.59 Å². The lowest BCUT2D eigenvalue weighted by molar-refractivity contribution is -0.117. The number of nitrogens with one attached hydrogen (secondary N) is 1. The first kappa shape index (κ1) is 21.2. The second-order valence-corrected chi connectivity index (χ2v) is 8.58. The zero-order chi connectivity index (χ0) is 22.6. The number of anilines is 1. The van der Waals surface area contributed by atoms with Crippen LogP contribution in [0, 0.1) is 0 Å². The lowest BCUT2D eigenvalue weighted by atomic mass is 9.84. The van der Waals surface area contributed by atoms with Crippen molar-refractivity contribution in [1.29, 1.82) is 0 Å². The number of hydrogen-bond acceptors (Lipinski definition) is 5. The van der Waals surface area contributed by atoms with Crippen molar-refractivity contribution in [2.75, 3.05) is 18.5 Å².